The lowest BCUT2D eigenvalue weighted by atomic mass is 10.2. The van der Waals surface area contributed by atoms with Crippen molar-refractivity contribution in [2.45, 2.75) is 39.5 Å². The lowest BCUT2D eigenvalue weighted by Gasteiger charge is -2.11. The van der Waals surface area contributed by atoms with Gasteiger partial charge in [0.25, 0.3) is 0 Å². The summed E-state index contributed by atoms with van der Waals surface area (Å²) in [6.45, 7) is 4.66. The summed E-state index contributed by atoms with van der Waals surface area (Å²) >= 11 is 0. The van der Waals surface area contributed by atoms with Gasteiger partial charge in [-0.1, -0.05) is 19.9 Å². The number of carbonyl (C=O) groups is 3. The monoisotopic (exact) mass is 498 g/mol. The Hall–Kier alpha value is -3.81. The molecule has 0 amide bonds. The van der Waals surface area contributed by atoms with E-state index in [4.69, 9.17) is 18.9 Å². The molecule has 0 heterocycles. The molecule has 0 saturated heterocycles. The molecule has 0 aliphatic rings. The summed E-state index contributed by atoms with van der Waals surface area (Å²) in [7, 11) is 2.77. The van der Waals surface area contributed by atoms with E-state index >= 15 is 0 Å². The fourth-order valence-corrected chi connectivity index (χ4v) is 3.04. The van der Waals surface area contributed by atoms with E-state index in [0.29, 0.717) is 35.8 Å². The van der Waals surface area contributed by atoms with Gasteiger partial charge in [0.05, 0.1) is 38.9 Å². The van der Waals surface area contributed by atoms with Crippen LogP contribution in [0.15, 0.2) is 48.5 Å². The Morgan fingerprint density at radius 1 is 0.861 bits per heavy atom. The molecule has 0 bridgehead atoms. The van der Waals surface area contributed by atoms with Gasteiger partial charge < -0.3 is 23.7 Å². The van der Waals surface area contributed by atoms with Crippen LogP contribution in [-0.2, 0) is 19.1 Å². The average molecular weight is 499 g/mol. The predicted molar refractivity (Wildman–Crippen MR) is 135 cm³/mol. The van der Waals surface area contributed by atoms with Gasteiger partial charge in [0.2, 0.25) is 0 Å². The van der Waals surface area contributed by atoms with Crippen molar-refractivity contribution in [1.82, 2.24) is 0 Å². The summed E-state index contributed by atoms with van der Waals surface area (Å²) in [6.07, 6.45) is 6.52. The fourth-order valence-electron chi connectivity index (χ4n) is 3.04. The van der Waals surface area contributed by atoms with Gasteiger partial charge in [0.1, 0.15) is 5.75 Å². The second-order valence-corrected chi connectivity index (χ2v) is 8.27. The summed E-state index contributed by atoms with van der Waals surface area (Å²) in [4.78, 5) is 35.2. The molecule has 0 N–H and O–H groups in total. The minimum absolute atomic E-state index is 0.0935. The van der Waals surface area contributed by atoms with Crippen LogP contribution in [0.4, 0.5) is 0 Å². The Bertz CT molecular complexity index is 1020. The van der Waals surface area contributed by atoms with Gasteiger partial charge in [0.15, 0.2) is 11.5 Å². The normalized spacial score (nSPS) is 10.8. The highest BCUT2D eigenvalue weighted by atomic mass is 16.6. The van der Waals surface area contributed by atoms with Crippen molar-refractivity contribution in [2.24, 2.45) is 5.92 Å². The fraction of sp³-hybridized carbons (Fsp3) is 0.393. The highest BCUT2D eigenvalue weighted by molar-refractivity contribution is 5.91. The molecule has 8 heteroatoms. The van der Waals surface area contributed by atoms with E-state index in [1.54, 1.807) is 48.5 Å². The van der Waals surface area contributed by atoms with Gasteiger partial charge in [-0.15, -0.1) is 0 Å². The first-order chi connectivity index (χ1) is 17.3. The molecule has 0 aliphatic carbocycles. The predicted octanol–water partition coefficient (Wildman–Crippen LogP) is 5.24. The molecule has 0 unspecified atom stereocenters. The van der Waals surface area contributed by atoms with Gasteiger partial charge in [-0.25, -0.2) is 9.59 Å². The Balaban J connectivity index is 1.77. The summed E-state index contributed by atoms with van der Waals surface area (Å²) in [6, 6.07) is 11.7. The van der Waals surface area contributed by atoms with Crippen LogP contribution in [0.3, 0.4) is 0 Å². The summed E-state index contributed by atoms with van der Waals surface area (Å²) in [5, 5.41) is 0. The number of rotatable bonds is 14. The van der Waals surface area contributed by atoms with Crippen molar-refractivity contribution >= 4 is 24.0 Å². The van der Waals surface area contributed by atoms with Crippen LogP contribution in [0.25, 0.3) is 6.08 Å². The van der Waals surface area contributed by atoms with Crippen molar-refractivity contribution < 1.29 is 38.1 Å². The van der Waals surface area contributed by atoms with Crippen LogP contribution in [0.2, 0.25) is 0 Å². The van der Waals surface area contributed by atoms with Crippen LogP contribution in [0.1, 0.15) is 55.5 Å². The second kappa shape index (κ2) is 15.2. The quantitative estimate of drug-likeness (QED) is 0.151. The SMILES string of the molecule is COC(=O)C=Cc1ccc(OC(=O)c2ccc(OCCCCCCOC(=O)C(C)C)cc2)c(OC)c1. The van der Waals surface area contributed by atoms with E-state index in [1.807, 2.05) is 13.8 Å². The minimum Gasteiger partial charge on any atom is -0.494 e. The molecule has 0 saturated carbocycles. The van der Waals surface area contributed by atoms with Gasteiger partial charge in [-0.3, -0.25) is 4.79 Å². The standard InChI is InChI=1S/C28H34O8/c1-20(2)27(30)35-18-8-6-5-7-17-34-23-13-11-22(12-14-23)28(31)36-24-15-9-21(19-25(24)32-3)10-16-26(29)33-4/h9-16,19-20H,5-8,17-18H2,1-4H3. The molecular weight excluding hydrogens is 464 g/mol. The molecular formula is C28H34O8. The number of esters is 3. The largest absolute Gasteiger partial charge is 0.494 e. The molecule has 0 fully saturated rings. The van der Waals surface area contributed by atoms with Crippen molar-refractivity contribution in [3.8, 4) is 17.2 Å². The van der Waals surface area contributed by atoms with E-state index in [1.165, 1.54) is 20.3 Å². The van der Waals surface area contributed by atoms with Crippen LogP contribution in [0, 0.1) is 5.92 Å². The number of unbranched alkanes of at least 4 members (excludes halogenated alkanes) is 3. The van der Waals surface area contributed by atoms with E-state index in [0.717, 1.165) is 25.7 Å². The van der Waals surface area contributed by atoms with E-state index in [2.05, 4.69) is 4.74 Å². The molecule has 2 rings (SSSR count). The van der Waals surface area contributed by atoms with Crippen LogP contribution in [0.5, 0.6) is 17.2 Å². The summed E-state index contributed by atoms with van der Waals surface area (Å²) in [5.41, 5.74) is 1.06. The maximum absolute atomic E-state index is 12.6. The Morgan fingerprint density at radius 3 is 2.19 bits per heavy atom. The smallest absolute Gasteiger partial charge is 0.343 e. The maximum Gasteiger partial charge on any atom is 0.343 e. The summed E-state index contributed by atoms with van der Waals surface area (Å²) < 4.78 is 26.3. The third-order valence-corrected chi connectivity index (χ3v) is 5.12. The molecule has 2 aromatic carbocycles. The van der Waals surface area contributed by atoms with E-state index < -0.39 is 11.9 Å². The van der Waals surface area contributed by atoms with Crippen molar-refractivity contribution in [3.05, 3.63) is 59.7 Å². The Labute approximate surface area is 212 Å². The van der Waals surface area contributed by atoms with Gasteiger partial charge >= 0.3 is 17.9 Å². The van der Waals surface area contributed by atoms with E-state index in [9.17, 15) is 14.4 Å². The van der Waals surface area contributed by atoms with Crippen molar-refractivity contribution in [3.63, 3.8) is 0 Å². The lowest BCUT2D eigenvalue weighted by Crippen LogP contribution is -2.12. The molecule has 2 aromatic rings. The Morgan fingerprint density at radius 2 is 1.56 bits per heavy atom. The molecule has 36 heavy (non-hydrogen) atoms. The molecule has 194 valence electrons. The van der Waals surface area contributed by atoms with Crippen LogP contribution < -0.4 is 14.2 Å². The zero-order valence-corrected chi connectivity index (χ0v) is 21.3. The third kappa shape index (κ3) is 9.82. The second-order valence-electron chi connectivity index (χ2n) is 8.27. The van der Waals surface area contributed by atoms with Crippen LogP contribution >= 0.6 is 0 Å². The first-order valence-corrected chi connectivity index (χ1v) is 11.9. The average Bonchev–Trinajstić information content (AvgIpc) is 2.89. The molecule has 0 spiro atoms. The first kappa shape index (κ1) is 28.4. The van der Waals surface area contributed by atoms with Crippen molar-refractivity contribution in [1.29, 1.82) is 0 Å². The number of hydrogen-bond donors (Lipinski definition) is 0. The molecule has 0 aromatic heterocycles. The maximum atomic E-state index is 12.6. The third-order valence-electron chi connectivity index (χ3n) is 5.12. The first-order valence-electron chi connectivity index (χ1n) is 11.9. The molecule has 0 aliphatic heterocycles. The van der Waals surface area contributed by atoms with Gasteiger partial charge in [-0.05, 0) is 73.7 Å². The van der Waals surface area contributed by atoms with Crippen molar-refractivity contribution in [2.75, 3.05) is 27.4 Å². The highest BCUT2D eigenvalue weighted by Gasteiger charge is 2.13. The zero-order chi connectivity index (χ0) is 26.3. The highest BCUT2D eigenvalue weighted by Crippen LogP contribution is 2.29. The van der Waals surface area contributed by atoms with Gasteiger partial charge in [-0.2, -0.15) is 0 Å². The molecule has 0 radical (unpaired) electrons. The number of hydrogen-bond acceptors (Lipinski definition) is 8. The minimum atomic E-state index is -0.532. The number of methoxy groups -OCH3 is 2. The summed E-state index contributed by atoms with van der Waals surface area (Å²) in [5.74, 6) is 0.0213. The van der Waals surface area contributed by atoms with E-state index in [-0.39, 0.29) is 17.6 Å². The Kier molecular flexibility index (Phi) is 12.0. The topological polar surface area (TPSA) is 97.4 Å². The zero-order valence-electron chi connectivity index (χ0n) is 21.3. The van der Waals surface area contributed by atoms with Crippen LogP contribution in [-0.4, -0.2) is 45.3 Å². The lowest BCUT2D eigenvalue weighted by molar-refractivity contribution is -0.147. The number of benzene rings is 2. The number of ether oxygens (including phenoxy) is 5. The molecule has 0 atom stereocenters. The molecule has 8 nitrogen and oxygen atoms in total. The number of carbonyl (C=O) groups excluding carboxylic acids is 3. The van der Waals surface area contributed by atoms with Gasteiger partial charge in [0, 0.05) is 6.08 Å².